The molecule has 118 valence electrons. The van der Waals surface area contributed by atoms with Gasteiger partial charge in [0.1, 0.15) is 5.82 Å². The van der Waals surface area contributed by atoms with Crippen LogP contribution in [-0.4, -0.2) is 35.2 Å². The van der Waals surface area contributed by atoms with Gasteiger partial charge in [-0.2, -0.15) is 0 Å². The first-order valence-corrected chi connectivity index (χ1v) is 8.14. The summed E-state index contributed by atoms with van der Waals surface area (Å²) in [5.74, 6) is 0.407. The van der Waals surface area contributed by atoms with Gasteiger partial charge in [0.15, 0.2) is 0 Å². The van der Waals surface area contributed by atoms with Gasteiger partial charge >= 0.3 is 0 Å². The van der Waals surface area contributed by atoms with Gasteiger partial charge in [-0.3, -0.25) is 4.90 Å². The predicted molar refractivity (Wildman–Crippen MR) is 85.3 cm³/mol. The Morgan fingerprint density at radius 2 is 2.14 bits per heavy atom. The van der Waals surface area contributed by atoms with Crippen LogP contribution >= 0.6 is 11.6 Å². The Morgan fingerprint density at radius 3 is 2.76 bits per heavy atom. The Labute approximate surface area is 131 Å². The molecule has 2 nitrogen and oxygen atoms in total. The largest absolute Gasteiger partial charge is 0.395 e. The van der Waals surface area contributed by atoms with Gasteiger partial charge in [0.2, 0.25) is 0 Å². The lowest BCUT2D eigenvalue weighted by Gasteiger charge is -2.29. The van der Waals surface area contributed by atoms with Crippen molar-refractivity contribution in [1.82, 2.24) is 4.90 Å². The summed E-state index contributed by atoms with van der Waals surface area (Å²) in [4.78, 5) is 2.32. The molecule has 0 saturated carbocycles. The Bertz CT molecular complexity index is 480. The van der Waals surface area contributed by atoms with E-state index in [9.17, 15) is 9.50 Å². The van der Waals surface area contributed by atoms with Crippen LogP contribution < -0.4 is 0 Å². The van der Waals surface area contributed by atoms with Gasteiger partial charge in [0.05, 0.1) is 11.6 Å². The molecule has 2 rings (SSSR count). The van der Waals surface area contributed by atoms with Gasteiger partial charge in [0, 0.05) is 18.0 Å². The highest BCUT2D eigenvalue weighted by Gasteiger charge is 2.39. The van der Waals surface area contributed by atoms with E-state index in [0.717, 1.165) is 19.4 Å². The van der Waals surface area contributed by atoms with Crippen molar-refractivity contribution in [2.24, 2.45) is 5.92 Å². The van der Waals surface area contributed by atoms with Crippen LogP contribution in [0.3, 0.4) is 0 Å². The van der Waals surface area contributed by atoms with E-state index in [2.05, 4.69) is 25.7 Å². The first-order chi connectivity index (χ1) is 9.95. The lowest BCUT2D eigenvalue weighted by molar-refractivity contribution is 0.128. The van der Waals surface area contributed by atoms with Crippen molar-refractivity contribution in [1.29, 1.82) is 0 Å². The van der Waals surface area contributed by atoms with Gasteiger partial charge in [-0.05, 0) is 43.9 Å². The SMILES string of the molecule is CC(C)CCN1C(C)C(c2cccc(Cl)c2F)C[C@@H]1CO. The molecule has 0 bridgehead atoms. The number of nitrogens with zero attached hydrogens (tertiary/aromatic N) is 1. The van der Waals surface area contributed by atoms with Crippen LogP contribution in [0.4, 0.5) is 4.39 Å². The van der Waals surface area contributed by atoms with Crippen molar-refractivity contribution >= 4 is 11.6 Å². The number of aliphatic hydroxyl groups excluding tert-OH is 1. The van der Waals surface area contributed by atoms with E-state index in [-0.39, 0.29) is 35.4 Å². The van der Waals surface area contributed by atoms with Gasteiger partial charge < -0.3 is 5.11 Å². The van der Waals surface area contributed by atoms with E-state index in [4.69, 9.17) is 11.6 Å². The van der Waals surface area contributed by atoms with Crippen molar-refractivity contribution < 1.29 is 9.50 Å². The third kappa shape index (κ3) is 3.58. The summed E-state index contributed by atoms with van der Waals surface area (Å²) in [5, 5.41) is 9.83. The maximum atomic E-state index is 14.3. The summed E-state index contributed by atoms with van der Waals surface area (Å²) in [6.07, 6.45) is 1.87. The van der Waals surface area contributed by atoms with E-state index >= 15 is 0 Å². The molecule has 1 aromatic rings. The highest BCUT2D eigenvalue weighted by molar-refractivity contribution is 6.30. The number of rotatable bonds is 5. The summed E-state index contributed by atoms with van der Waals surface area (Å²) >= 11 is 5.91. The Morgan fingerprint density at radius 1 is 1.43 bits per heavy atom. The van der Waals surface area contributed by atoms with Gasteiger partial charge in [-0.1, -0.05) is 37.6 Å². The summed E-state index contributed by atoms with van der Waals surface area (Å²) in [6.45, 7) is 7.59. The molecule has 4 heteroatoms. The Balaban J connectivity index is 2.20. The summed E-state index contributed by atoms with van der Waals surface area (Å²) in [6, 6.07) is 5.54. The van der Waals surface area contributed by atoms with Gasteiger partial charge in [0.25, 0.3) is 0 Å². The van der Waals surface area contributed by atoms with E-state index in [1.165, 1.54) is 0 Å². The molecule has 1 saturated heterocycles. The van der Waals surface area contributed by atoms with Crippen LogP contribution in [0.1, 0.15) is 45.1 Å². The molecule has 0 amide bonds. The number of halogens is 2. The summed E-state index contributed by atoms with van der Waals surface area (Å²) in [7, 11) is 0. The zero-order valence-electron chi connectivity index (χ0n) is 13.0. The van der Waals surface area contributed by atoms with Crippen LogP contribution in [0.5, 0.6) is 0 Å². The Kier molecular flexibility index (Phi) is 5.64. The fraction of sp³-hybridized carbons (Fsp3) is 0.647. The molecular weight excluding hydrogens is 289 g/mol. The van der Waals surface area contributed by atoms with Crippen LogP contribution in [0, 0.1) is 11.7 Å². The van der Waals surface area contributed by atoms with Crippen molar-refractivity contribution in [3.8, 4) is 0 Å². The molecule has 0 radical (unpaired) electrons. The molecule has 0 aromatic heterocycles. The Hall–Kier alpha value is -0.640. The zero-order chi connectivity index (χ0) is 15.6. The van der Waals surface area contributed by atoms with Crippen LogP contribution in [-0.2, 0) is 0 Å². The van der Waals surface area contributed by atoms with Gasteiger partial charge in [-0.25, -0.2) is 4.39 Å². The van der Waals surface area contributed by atoms with Crippen molar-refractivity contribution in [2.45, 2.75) is 51.6 Å². The predicted octanol–water partition coefficient (Wildman–Crippen LogP) is 4.06. The van der Waals surface area contributed by atoms with E-state index in [1.54, 1.807) is 12.1 Å². The maximum Gasteiger partial charge on any atom is 0.145 e. The van der Waals surface area contributed by atoms with Crippen LogP contribution in [0.15, 0.2) is 18.2 Å². The minimum atomic E-state index is -0.307. The molecule has 2 unspecified atom stereocenters. The van der Waals surface area contributed by atoms with E-state index in [1.807, 2.05) is 6.07 Å². The fourth-order valence-electron chi connectivity index (χ4n) is 3.36. The molecule has 0 aliphatic carbocycles. The maximum absolute atomic E-state index is 14.3. The smallest absolute Gasteiger partial charge is 0.145 e. The average Bonchev–Trinajstić information content (AvgIpc) is 2.76. The molecular formula is C17H25ClFNO. The molecule has 1 heterocycles. The molecule has 21 heavy (non-hydrogen) atoms. The minimum Gasteiger partial charge on any atom is -0.395 e. The van der Waals surface area contributed by atoms with Crippen molar-refractivity contribution in [2.75, 3.05) is 13.2 Å². The second-order valence-electron chi connectivity index (χ2n) is 6.48. The lowest BCUT2D eigenvalue weighted by atomic mass is 9.91. The number of hydrogen-bond donors (Lipinski definition) is 1. The van der Waals surface area contributed by atoms with Crippen LogP contribution in [0.25, 0.3) is 0 Å². The molecule has 1 aliphatic heterocycles. The number of benzene rings is 1. The summed E-state index contributed by atoms with van der Waals surface area (Å²) in [5.41, 5.74) is 0.681. The van der Waals surface area contributed by atoms with Crippen LogP contribution in [0.2, 0.25) is 5.02 Å². The van der Waals surface area contributed by atoms with E-state index in [0.29, 0.717) is 11.5 Å². The second-order valence-corrected chi connectivity index (χ2v) is 6.89. The highest BCUT2D eigenvalue weighted by atomic mass is 35.5. The summed E-state index contributed by atoms with van der Waals surface area (Å²) < 4.78 is 14.3. The molecule has 1 N–H and O–H groups in total. The van der Waals surface area contributed by atoms with Gasteiger partial charge in [-0.15, -0.1) is 0 Å². The minimum absolute atomic E-state index is 0.0908. The highest BCUT2D eigenvalue weighted by Crippen LogP contribution is 2.39. The molecule has 3 atom stereocenters. The first-order valence-electron chi connectivity index (χ1n) is 7.76. The number of aliphatic hydroxyl groups is 1. The molecule has 0 spiro atoms. The topological polar surface area (TPSA) is 23.5 Å². The molecule has 1 fully saturated rings. The lowest BCUT2D eigenvalue weighted by Crippen LogP contribution is -2.38. The van der Waals surface area contributed by atoms with E-state index < -0.39 is 0 Å². The normalized spacial score (nSPS) is 26.7. The first kappa shape index (κ1) is 16.7. The quantitative estimate of drug-likeness (QED) is 0.886. The average molecular weight is 314 g/mol. The molecule has 1 aliphatic rings. The zero-order valence-corrected chi connectivity index (χ0v) is 13.8. The van der Waals surface area contributed by atoms with Crippen molar-refractivity contribution in [3.05, 3.63) is 34.6 Å². The number of hydrogen-bond acceptors (Lipinski definition) is 2. The third-order valence-electron chi connectivity index (χ3n) is 4.66. The standard InChI is InChI=1S/C17H25ClFNO/c1-11(2)7-8-20-12(3)15(9-13(20)10-21)14-5-4-6-16(18)17(14)19/h4-6,11-13,15,21H,7-10H2,1-3H3/t12?,13-,15?/m1/s1. The molecule has 1 aromatic carbocycles. The second kappa shape index (κ2) is 7.08. The number of likely N-dealkylation sites (tertiary alicyclic amines) is 1. The monoisotopic (exact) mass is 313 g/mol. The third-order valence-corrected chi connectivity index (χ3v) is 4.95. The fourth-order valence-corrected chi connectivity index (χ4v) is 3.54. The van der Waals surface area contributed by atoms with Crippen molar-refractivity contribution in [3.63, 3.8) is 0 Å².